The van der Waals surface area contributed by atoms with Crippen molar-refractivity contribution in [2.75, 3.05) is 4.72 Å². The van der Waals surface area contributed by atoms with Gasteiger partial charge < -0.3 is 0 Å². The molecule has 0 saturated heterocycles. The predicted octanol–water partition coefficient (Wildman–Crippen LogP) is 2.44. The Morgan fingerprint density at radius 3 is 2.15 bits per heavy atom. The molecule has 0 aliphatic heterocycles. The second-order valence-electron chi connectivity index (χ2n) is 3.64. The van der Waals surface area contributed by atoms with Crippen molar-refractivity contribution in [3.05, 3.63) is 53.7 Å². The molecule has 1 aromatic heterocycles. The number of hydrogen-bond acceptors (Lipinski definition) is 3. The Labute approximate surface area is 111 Å². The molecular formula is C11H6F4N2O2S. The fraction of sp³-hybridized carbons (Fsp3) is 0. The number of benzene rings is 1. The highest BCUT2D eigenvalue weighted by Gasteiger charge is 2.24. The van der Waals surface area contributed by atoms with Crippen LogP contribution in [0.15, 0.2) is 35.5 Å². The first kappa shape index (κ1) is 14.3. The highest BCUT2D eigenvalue weighted by molar-refractivity contribution is 7.92. The molecule has 0 spiro atoms. The van der Waals surface area contributed by atoms with Gasteiger partial charge in [-0.2, -0.15) is 8.42 Å². The molecular weight excluding hydrogens is 300 g/mol. The summed E-state index contributed by atoms with van der Waals surface area (Å²) in [5.74, 6) is -5.35. The average Bonchev–Trinajstić information content (AvgIpc) is 2.34. The van der Waals surface area contributed by atoms with Crippen molar-refractivity contribution in [3.8, 4) is 0 Å². The number of anilines is 1. The van der Waals surface area contributed by atoms with Gasteiger partial charge in [0, 0.05) is 18.3 Å². The van der Waals surface area contributed by atoms with Gasteiger partial charge in [0.2, 0.25) is 5.03 Å². The van der Waals surface area contributed by atoms with Gasteiger partial charge in [0.05, 0.1) is 0 Å². The van der Waals surface area contributed by atoms with Gasteiger partial charge in [-0.1, -0.05) is 0 Å². The molecule has 20 heavy (non-hydrogen) atoms. The molecule has 2 aromatic rings. The zero-order valence-corrected chi connectivity index (χ0v) is 10.4. The smallest absolute Gasteiger partial charge is 0.272 e. The lowest BCUT2D eigenvalue weighted by molar-refractivity contribution is 0.543. The summed E-state index contributed by atoms with van der Waals surface area (Å²) in [6.07, 6.45) is 0.995. The van der Waals surface area contributed by atoms with Crippen LogP contribution < -0.4 is 4.72 Å². The highest BCUT2D eigenvalue weighted by atomic mass is 32.2. The Bertz CT molecular complexity index is 742. The number of nitrogens with one attached hydrogen (secondary N) is 1. The second kappa shape index (κ2) is 5.08. The van der Waals surface area contributed by atoms with Crippen molar-refractivity contribution < 1.29 is 26.0 Å². The van der Waals surface area contributed by atoms with Crippen LogP contribution in [0.3, 0.4) is 0 Å². The number of rotatable bonds is 3. The third-order valence-corrected chi connectivity index (χ3v) is 3.50. The van der Waals surface area contributed by atoms with Crippen LogP contribution in [0.5, 0.6) is 0 Å². The molecule has 0 bridgehead atoms. The Hall–Kier alpha value is -2.16. The molecule has 0 radical (unpaired) electrons. The molecule has 0 aliphatic carbocycles. The maximum atomic E-state index is 13.3. The van der Waals surface area contributed by atoms with E-state index in [2.05, 4.69) is 4.98 Å². The minimum Gasteiger partial charge on any atom is -0.272 e. The van der Waals surface area contributed by atoms with Crippen LogP contribution >= 0.6 is 0 Å². The Morgan fingerprint density at radius 1 is 1.00 bits per heavy atom. The number of halogens is 4. The topological polar surface area (TPSA) is 59.1 Å². The predicted molar refractivity (Wildman–Crippen MR) is 61.3 cm³/mol. The van der Waals surface area contributed by atoms with Crippen LogP contribution in [0.25, 0.3) is 0 Å². The van der Waals surface area contributed by atoms with Crippen LogP contribution in [0, 0.1) is 23.3 Å². The third kappa shape index (κ3) is 2.72. The van der Waals surface area contributed by atoms with Crippen LogP contribution in [0.1, 0.15) is 0 Å². The molecule has 0 unspecified atom stereocenters. The Kier molecular flexibility index (Phi) is 3.62. The summed E-state index contributed by atoms with van der Waals surface area (Å²) >= 11 is 0. The van der Waals surface area contributed by atoms with Gasteiger partial charge in [-0.15, -0.1) is 0 Å². The molecule has 0 fully saturated rings. The molecule has 0 aliphatic rings. The van der Waals surface area contributed by atoms with E-state index in [1.54, 1.807) is 0 Å². The van der Waals surface area contributed by atoms with E-state index in [-0.39, 0.29) is 12.1 Å². The van der Waals surface area contributed by atoms with Crippen molar-refractivity contribution in [3.63, 3.8) is 0 Å². The van der Waals surface area contributed by atoms with Crippen molar-refractivity contribution in [1.29, 1.82) is 0 Å². The van der Waals surface area contributed by atoms with Gasteiger partial charge in [-0.25, -0.2) is 22.5 Å². The summed E-state index contributed by atoms with van der Waals surface area (Å²) in [6, 6.07) is 2.54. The van der Waals surface area contributed by atoms with E-state index in [0.717, 1.165) is 18.3 Å². The molecule has 0 atom stereocenters. The van der Waals surface area contributed by atoms with Crippen LogP contribution in [0.4, 0.5) is 23.2 Å². The van der Waals surface area contributed by atoms with E-state index in [0.29, 0.717) is 0 Å². The molecule has 1 heterocycles. The normalized spacial score (nSPS) is 11.4. The minimum atomic E-state index is -4.64. The Balaban J connectivity index is 2.47. The lowest BCUT2D eigenvalue weighted by Gasteiger charge is -2.09. The molecule has 4 nitrogen and oxygen atoms in total. The summed E-state index contributed by atoms with van der Waals surface area (Å²) in [6.45, 7) is 0. The standard InChI is InChI=1S/C11H6F4N2O2S/c12-6-4-8(14)10(9(15)5-6)17-20(18,19)11-7(13)2-1-3-16-11/h1-5,17H. The summed E-state index contributed by atoms with van der Waals surface area (Å²) < 4.78 is 77.7. The largest absolute Gasteiger partial charge is 0.282 e. The van der Waals surface area contributed by atoms with Crippen molar-refractivity contribution >= 4 is 15.7 Å². The number of sulfonamides is 1. The molecule has 9 heteroatoms. The Morgan fingerprint density at radius 2 is 1.60 bits per heavy atom. The number of aromatic nitrogens is 1. The first-order valence-electron chi connectivity index (χ1n) is 5.09. The molecule has 1 aromatic carbocycles. The third-order valence-electron chi connectivity index (χ3n) is 2.22. The van der Waals surface area contributed by atoms with Crippen molar-refractivity contribution in [2.45, 2.75) is 5.03 Å². The summed E-state index contributed by atoms with van der Waals surface area (Å²) in [4.78, 5) is 3.28. The van der Waals surface area contributed by atoms with Gasteiger partial charge >= 0.3 is 0 Å². The monoisotopic (exact) mass is 306 g/mol. The minimum absolute atomic E-state index is 0.287. The molecule has 0 saturated carbocycles. The van der Waals surface area contributed by atoms with Gasteiger partial charge in [-0.3, -0.25) is 4.72 Å². The van der Waals surface area contributed by atoms with E-state index in [1.807, 2.05) is 0 Å². The van der Waals surface area contributed by atoms with Crippen LogP contribution in [-0.2, 0) is 10.0 Å². The summed E-state index contributed by atoms with van der Waals surface area (Å²) in [7, 11) is -4.64. The maximum absolute atomic E-state index is 13.3. The zero-order valence-electron chi connectivity index (χ0n) is 9.57. The highest BCUT2D eigenvalue weighted by Crippen LogP contribution is 2.23. The van der Waals surface area contributed by atoms with Crippen LogP contribution in [0.2, 0.25) is 0 Å². The van der Waals surface area contributed by atoms with Gasteiger partial charge in [0.25, 0.3) is 10.0 Å². The molecule has 0 amide bonds. The van der Waals surface area contributed by atoms with E-state index < -0.39 is 44.0 Å². The number of nitrogens with zero attached hydrogens (tertiary/aromatic N) is 1. The van der Waals surface area contributed by atoms with Gasteiger partial charge in [0.15, 0.2) is 17.5 Å². The van der Waals surface area contributed by atoms with Gasteiger partial charge in [0.1, 0.15) is 11.5 Å². The lowest BCUT2D eigenvalue weighted by atomic mass is 10.3. The molecule has 2 rings (SSSR count). The van der Waals surface area contributed by atoms with E-state index in [9.17, 15) is 26.0 Å². The quantitative estimate of drug-likeness (QED) is 0.886. The zero-order chi connectivity index (χ0) is 14.9. The summed E-state index contributed by atoms with van der Waals surface area (Å²) in [5, 5.41) is -1.02. The number of pyridine rings is 1. The van der Waals surface area contributed by atoms with Crippen molar-refractivity contribution in [2.24, 2.45) is 0 Å². The van der Waals surface area contributed by atoms with E-state index in [4.69, 9.17) is 0 Å². The fourth-order valence-corrected chi connectivity index (χ4v) is 2.48. The second-order valence-corrected chi connectivity index (χ2v) is 5.24. The van der Waals surface area contributed by atoms with Crippen LogP contribution in [-0.4, -0.2) is 13.4 Å². The summed E-state index contributed by atoms with van der Waals surface area (Å²) in [5.41, 5.74) is -1.11. The van der Waals surface area contributed by atoms with Gasteiger partial charge in [-0.05, 0) is 12.1 Å². The molecule has 1 N–H and O–H groups in total. The fourth-order valence-electron chi connectivity index (χ4n) is 1.39. The van der Waals surface area contributed by atoms with E-state index in [1.165, 1.54) is 4.72 Å². The van der Waals surface area contributed by atoms with E-state index >= 15 is 0 Å². The lowest BCUT2D eigenvalue weighted by Crippen LogP contribution is -2.18. The van der Waals surface area contributed by atoms with Crippen molar-refractivity contribution in [1.82, 2.24) is 4.98 Å². The average molecular weight is 306 g/mol. The maximum Gasteiger partial charge on any atom is 0.282 e. The number of hydrogen-bond donors (Lipinski definition) is 1. The molecule has 106 valence electrons. The first-order chi connectivity index (χ1) is 9.31. The first-order valence-corrected chi connectivity index (χ1v) is 6.57. The SMILES string of the molecule is O=S(=O)(Nc1c(F)cc(F)cc1F)c1ncccc1F.